The number of fused-ring (bicyclic) bond motifs is 2. The van der Waals surface area contributed by atoms with E-state index in [2.05, 4.69) is 25.0 Å². The molecular weight excluding hydrogens is 505 g/mol. The van der Waals surface area contributed by atoms with Crippen molar-refractivity contribution in [3.05, 3.63) is 0 Å². The van der Waals surface area contributed by atoms with Gasteiger partial charge in [-0.25, -0.2) is 0 Å². The number of piperazine rings is 1. The van der Waals surface area contributed by atoms with E-state index in [-0.39, 0.29) is 24.0 Å². The largest absolute Gasteiger partial charge is 0.377 e. The van der Waals surface area contributed by atoms with Crippen LogP contribution < -0.4 is 5.32 Å². The van der Waals surface area contributed by atoms with E-state index in [1.807, 2.05) is 7.05 Å². The minimum atomic E-state index is 0. The standard InChI is InChI=1S/C23H39N5O2.HI/c1-24-22(25-20-18-7-16-30-21(18)23(20)8-6-9-23)28-14-12-26(13-15-28)17-19(29)27-10-4-2-3-5-11-27;/h18,20-21H,2-17H2,1H3,(H,24,25);1H. The second-order valence-electron chi connectivity index (χ2n) is 10.1. The zero-order chi connectivity index (χ0) is 20.6. The third kappa shape index (κ3) is 4.45. The molecule has 8 heteroatoms. The van der Waals surface area contributed by atoms with Crippen LogP contribution in [-0.4, -0.2) is 98.2 Å². The van der Waals surface area contributed by atoms with Crippen LogP contribution in [0.5, 0.6) is 0 Å². The number of nitrogens with zero attached hydrogens (tertiary/aromatic N) is 4. The Morgan fingerprint density at radius 3 is 2.32 bits per heavy atom. The van der Waals surface area contributed by atoms with Crippen LogP contribution in [0.25, 0.3) is 0 Å². The second-order valence-corrected chi connectivity index (χ2v) is 10.1. The van der Waals surface area contributed by atoms with E-state index in [0.717, 1.165) is 64.7 Å². The molecular formula is C23H40IN5O2. The number of rotatable bonds is 3. The van der Waals surface area contributed by atoms with Crippen molar-refractivity contribution in [2.75, 3.05) is 59.5 Å². The van der Waals surface area contributed by atoms with Crippen molar-refractivity contribution in [2.24, 2.45) is 16.3 Å². The molecule has 5 fully saturated rings. The van der Waals surface area contributed by atoms with Crippen LogP contribution in [-0.2, 0) is 9.53 Å². The first-order valence-electron chi connectivity index (χ1n) is 12.3. The van der Waals surface area contributed by atoms with E-state index >= 15 is 0 Å². The maximum Gasteiger partial charge on any atom is 0.236 e. The van der Waals surface area contributed by atoms with Crippen molar-refractivity contribution in [1.82, 2.24) is 20.0 Å². The number of amides is 1. The zero-order valence-corrected chi connectivity index (χ0v) is 21.4. The quantitative estimate of drug-likeness (QED) is 0.335. The number of hydrogen-bond acceptors (Lipinski definition) is 4. The lowest BCUT2D eigenvalue weighted by Gasteiger charge is -2.63. The average Bonchev–Trinajstić information content (AvgIpc) is 2.96. The molecule has 0 bridgehead atoms. The zero-order valence-electron chi connectivity index (χ0n) is 19.1. The molecule has 3 saturated heterocycles. The van der Waals surface area contributed by atoms with Crippen LogP contribution >= 0.6 is 24.0 Å². The molecule has 2 saturated carbocycles. The van der Waals surface area contributed by atoms with Crippen molar-refractivity contribution >= 4 is 35.8 Å². The highest BCUT2D eigenvalue weighted by molar-refractivity contribution is 14.0. The highest BCUT2D eigenvalue weighted by Crippen LogP contribution is 2.62. The fourth-order valence-electron chi connectivity index (χ4n) is 6.62. The number of carbonyl (C=O) groups is 1. The average molecular weight is 546 g/mol. The van der Waals surface area contributed by atoms with Gasteiger partial charge in [0.1, 0.15) is 0 Å². The minimum absolute atomic E-state index is 0. The first-order chi connectivity index (χ1) is 14.7. The van der Waals surface area contributed by atoms with Crippen LogP contribution in [0.15, 0.2) is 4.99 Å². The van der Waals surface area contributed by atoms with Crippen molar-refractivity contribution in [3.8, 4) is 0 Å². The molecule has 3 aliphatic heterocycles. The summed E-state index contributed by atoms with van der Waals surface area (Å²) in [6, 6.07) is 0.528. The first kappa shape index (κ1) is 23.5. The van der Waals surface area contributed by atoms with Gasteiger partial charge in [0.15, 0.2) is 5.96 Å². The summed E-state index contributed by atoms with van der Waals surface area (Å²) < 4.78 is 6.07. The Hall–Kier alpha value is -0.610. The summed E-state index contributed by atoms with van der Waals surface area (Å²) in [6.07, 6.45) is 10.5. The van der Waals surface area contributed by atoms with E-state index in [1.165, 1.54) is 38.5 Å². The van der Waals surface area contributed by atoms with Gasteiger partial charge in [0.25, 0.3) is 0 Å². The second kappa shape index (κ2) is 10.1. The number of hydrogen-bond donors (Lipinski definition) is 1. The topological polar surface area (TPSA) is 60.4 Å². The van der Waals surface area contributed by atoms with E-state index in [4.69, 9.17) is 4.74 Å². The van der Waals surface area contributed by atoms with Crippen LogP contribution in [0.4, 0.5) is 0 Å². The van der Waals surface area contributed by atoms with Gasteiger partial charge in [-0.3, -0.25) is 14.7 Å². The fraction of sp³-hybridized carbons (Fsp3) is 0.913. The summed E-state index contributed by atoms with van der Waals surface area (Å²) in [7, 11) is 1.91. The summed E-state index contributed by atoms with van der Waals surface area (Å²) >= 11 is 0. The molecule has 0 radical (unpaired) electrons. The monoisotopic (exact) mass is 545 g/mol. The summed E-state index contributed by atoms with van der Waals surface area (Å²) in [6.45, 7) is 7.16. The lowest BCUT2D eigenvalue weighted by Crippen LogP contribution is -2.73. The van der Waals surface area contributed by atoms with Gasteiger partial charge >= 0.3 is 0 Å². The molecule has 3 atom stereocenters. The van der Waals surface area contributed by atoms with Gasteiger partial charge in [0, 0.05) is 70.3 Å². The Morgan fingerprint density at radius 1 is 1.00 bits per heavy atom. The van der Waals surface area contributed by atoms with E-state index in [9.17, 15) is 4.79 Å². The predicted octanol–water partition coefficient (Wildman–Crippen LogP) is 2.16. The van der Waals surface area contributed by atoms with Gasteiger partial charge < -0.3 is 19.9 Å². The molecule has 1 spiro atoms. The van der Waals surface area contributed by atoms with E-state index < -0.39 is 0 Å². The number of nitrogens with one attached hydrogen (secondary N) is 1. The molecule has 1 amide bonds. The third-order valence-electron chi connectivity index (χ3n) is 8.52. The third-order valence-corrected chi connectivity index (χ3v) is 8.52. The summed E-state index contributed by atoms with van der Waals surface area (Å²) in [5, 5.41) is 3.85. The predicted molar refractivity (Wildman–Crippen MR) is 133 cm³/mol. The Balaban J connectivity index is 0.00000231. The van der Waals surface area contributed by atoms with Crippen LogP contribution in [0, 0.1) is 11.3 Å². The Bertz CT molecular complexity index is 654. The molecule has 1 N–H and O–H groups in total. The van der Waals surface area contributed by atoms with Gasteiger partial charge in [-0.15, -0.1) is 24.0 Å². The molecule has 3 unspecified atom stereocenters. The molecule has 0 aromatic carbocycles. The fourth-order valence-corrected chi connectivity index (χ4v) is 6.62. The van der Waals surface area contributed by atoms with Gasteiger partial charge in [0.05, 0.1) is 12.6 Å². The number of guanidine groups is 1. The Kier molecular flexibility index (Phi) is 7.68. The van der Waals surface area contributed by atoms with Crippen molar-refractivity contribution in [3.63, 3.8) is 0 Å². The van der Waals surface area contributed by atoms with Gasteiger partial charge in [-0.05, 0) is 32.1 Å². The summed E-state index contributed by atoms with van der Waals surface area (Å²) in [5.74, 6) is 2.03. The molecule has 176 valence electrons. The van der Waals surface area contributed by atoms with E-state index in [0.29, 0.717) is 35.9 Å². The maximum atomic E-state index is 12.7. The number of aliphatic imine (C=N–C) groups is 1. The number of halogens is 1. The van der Waals surface area contributed by atoms with Crippen molar-refractivity contribution in [1.29, 1.82) is 0 Å². The Morgan fingerprint density at radius 2 is 1.71 bits per heavy atom. The highest BCUT2D eigenvalue weighted by Gasteiger charge is 2.66. The molecule has 3 heterocycles. The Labute approximate surface area is 204 Å². The molecule has 0 aromatic rings. The lowest BCUT2D eigenvalue weighted by atomic mass is 9.46. The maximum absolute atomic E-state index is 12.7. The van der Waals surface area contributed by atoms with Gasteiger partial charge in [-0.2, -0.15) is 0 Å². The van der Waals surface area contributed by atoms with Gasteiger partial charge in [0.2, 0.25) is 5.91 Å². The SMILES string of the molecule is CN=C(NC1C2CCOC2C12CCC2)N1CCN(CC(=O)N2CCCCCC2)CC1.I. The molecule has 5 rings (SSSR count). The minimum Gasteiger partial charge on any atom is -0.377 e. The first-order valence-corrected chi connectivity index (χ1v) is 12.3. The molecule has 7 nitrogen and oxygen atoms in total. The van der Waals surface area contributed by atoms with Crippen LogP contribution in [0.1, 0.15) is 51.4 Å². The van der Waals surface area contributed by atoms with Gasteiger partial charge in [-0.1, -0.05) is 19.3 Å². The van der Waals surface area contributed by atoms with Crippen LogP contribution in [0.3, 0.4) is 0 Å². The smallest absolute Gasteiger partial charge is 0.236 e. The summed E-state index contributed by atoms with van der Waals surface area (Å²) in [5.41, 5.74) is 0.374. The highest BCUT2D eigenvalue weighted by atomic mass is 127. The van der Waals surface area contributed by atoms with E-state index in [1.54, 1.807) is 0 Å². The summed E-state index contributed by atoms with van der Waals surface area (Å²) in [4.78, 5) is 24.2. The number of carbonyl (C=O) groups excluding carboxylic acids is 1. The van der Waals surface area contributed by atoms with Crippen molar-refractivity contribution < 1.29 is 9.53 Å². The van der Waals surface area contributed by atoms with Crippen LogP contribution in [0.2, 0.25) is 0 Å². The normalized spacial score (nSPS) is 33.1. The molecule has 31 heavy (non-hydrogen) atoms. The molecule has 5 aliphatic rings. The molecule has 2 aliphatic carbocycles. The molecule has 0 aromatic heterocycles. The lowest BCUT2D eigenvalue weighted by molar-refractivity contribution is -0.171. The van der Waals surface area contributed by atoms with Crippen molar-refractivity contribution in [2.45, 2.75) is 63.5 Å². The number of ether oxygens (including phenoxy) is 1. The number of likely N-dealkylation sites (tertiary alicyclic amines) is 1.